The van der Waals surface area contributed by atoms with E-state index in [0.29, 0.717) is 97.1 Å². The third kappa shape index (κ3) is 28.6. The highest BCUT2D eigenvalue weighted by atomic mass is 16.7. The monoisotopic (exact) mass is 1170 g/mol. The molecule has 0 amide bonds. The molecule has 5 aromatic rings. The van der Waals surface area contributed by atoms with Crippen LogP contribution in [0.15, 0.2) is 159 Å². The van der Waals surface area contributed by atoms with Crippen LogP contribution in [0.1, 0.15) is 157 Å². The molecule has 0 aliphatic carbocycles. The number of benzene rings is 5. The number of aryl methyl sites for hydroxylation is 1. The number of Topliss-reactive ketones (excluding diaryl/α,β-unsaturated/α-hetero) is 1. The average Bonchev–Trinajstić information content (AvgIpc) is 3.10. The lowest BCUT2D eigenvalue weighted by Crippen LogP contribution is -2.39. The first kappa shape index (κ1) is 71.6. The number of methoxy groups -OCH3 is 3. The topological polar surface area (TPSA) is 178 Å². The van der Waals surface area contributed by atoms with E-state index >= 15 is 0 Å². The second kappa shape index (κ2) is 43.9. The Labute approximate surface area is 504 Å². The van der Waals surface area contributed by atoms with E-state index in [-0.39, 0.29) is 11.8 Å². The molecule has 0 atom stereocenters. The molecule has 85 heavy (non-hydrogen) atoms. The van der Waals surface area contributed by atoms with Crippen LogP contribution in [0.2, 0.25) is 0 Å². The molecule has 0 aliphatic heterocycles. The van der Waals surface area contributed by atoms with Gasteiger partial charge >= 0.3 is 23.9 Å². The molecule has 0 N–H and O–H groups in total. The third-order valence-corrected chi connectivity index (χ3v) is 13.1. The predicted octanol–water partition coefficient (Wildman–Crippen LogP) is 15.2. The van der Waals surface area contributed by atoms with Crippen LogP contribution in [0, 0.1) is 6.92 Å². The van der Waals surface area contributed by atoms with Crippen molar-refractivity contribution in [3.63, 3.8) is 0 Å². The Hall–Kier alpha value is -7.69. The van der Waals surface area contributed by atoms with Gasteiger partial charge in [-0.2, -0.15) is 0 Å². The van der Waals surface area contributed by atoms with Gasteiger partial charge in [0.25, 0.3) is 5.79 Å². The second-order valence-electron chi connectivity index (χ2n) is 19.7. The summed E-state index contributed by atoms with van der Waals surface area (Å²) >= 11 is 0. The predicted molar refractivity (Wildman–Crippen MR) is 332 cm³/mol. The highest BCUT2D eigenvalue weighted by Crippen LogP contribution is 2.31. The van der Waals surface area contributed by atoms with Gasteiger partial charge in [0, 0.05) is 76.4 Å². The van der Waals surface area contributed by atoms with Gasteiger partial charge in [0.05, 0.1) is 37.6 Å². The fraction of sp³-hybridized carbons (Fsp3) is 0.414. The first-order valence-electron chi connectivity index (χ1n) is 29.5. The molecule has 0 saturated carbocycles. The number of carbonyl (C=O) groups excluding carboxylic acids is 5. The molecule has 0 unspecified atom stereocenters. The van der Waals surface area contributed by atoms with Gasteiger partial charge in [-0.05, 0) is 106 Å². The molecule has 0 spiro atoms. The van der Waals surface area contributed by atoms with Crippen molar-refractivity contribution < 1.29 is 71.3 Å². The number of ether oxygens (including phenoxy) is 10. The molecule has 0 aliphatic rings. The number of hydrogen-bond acceptors (Lipinski definition) is 15. The quantitative estimate of drug-likeness (QED) is 0.00687. The molecule has 460 valence electrons. The molecule has 5 aromatic carbocycles. The molecule has 0 aromatic heterocycles. The highest BCUT2D eigenvalue weighted by molar-refractivity contribution is 6.02. The number of ketones is 1. The standard InChI is InChI=1S/C39H46O10.C16H16O3.C15H28O2/c1-5-37(40)47-26-9-7-6-8-25-46-34-18-16-33(17-19-34)39(42)49-36-21-20-35(28-29(36)2)48-38(41)32-14-12-31(13-15-32)30(3)45-27-11-24-44-23-10-22-43-4;1-18-16(19-2,14-11-7-4-8-12-14)15(17)13-9-5-3-6-10-13;1-3-5-6-7-8-9-10-11-12-13-14-17-15(16)4-2/h5,12-21,28H,1,3,6-11,22-27H2,2,4H3;3-12H,1-2H3;4H,2-3,5-14H2,1H3. The molecular formula is C70H90O15. The van der Waals surface area contributed by atoms with Gasteiger partial charge in [0.1, 0.15) is 23.0 Å². The lowest BCUT2D eigenvalue weighted by molar-refractivity contribution is -0.176. The minimum Gasteiger partial charge on any atom is -0.494 e. The molecule has 0 radical (unpaired) electrons. The van der Waals surface area contributed by atoms with Crippen LogP contribution in [-0.2, 0) is 48.5 Å². The van der Waals surface area contributed by atoms with Crippen molar-refractivity contribution in [3.8, 4) is 17.2 Å². The summed E-state index contributed by atoms with van der Waals surface area (Å²) in [4.78, 5) is 60.0. The maximum atomic E-state index is 12.8. The molecule has 0 bridgehead atoms. The number of carbonyl (C=O) groups is 5. The Balaban J connectivity index is 0.000000425. The normalized spacial score (nSPS) is 10.6. The van der Waals surface area contributed by atoms with Gasteiger partial charge in [-0.3, -0.25) is 4.79 Å². The Morgan fingerprint density at radius 1 is 0.459 bits per heavy atom. The minimum atomic E-state index is -1.40. The number of rotatable bonds is 40. The summed E-state index contributed by atoms with van der Waals surface area (Å²) in [6, 6.07) is 36.5. The molecular weight excluding hydrogens is 1080 g/mol. The molecule has 5 rings (SSSR count). The summed E-state index contributed by atoms with van der Waals surface area (Å²) in [7, 11) is 4.61. The van der Waals surface area contributed by atoms with E-state index in [4.69, 9.17) is 47.4 Å². The van der Waals surface area contributed by atoms with E-state index in [0.717, 1.165) is 56.6 Å². The first-order valence-corrected chi connectivity index (χ1v) is 29.5. The van der Waals surface area contributed by atoms with Gasteiger partial charge in [-0.15, -0.1) is 0 Å². The smallest absolute Gasteiger partial charge is 0.343 e. The summed E-state index contributed by atoms with van der Waals surface area (Å²) in [6.45, 7) is 18.6. The van der Waals surface area contributed by atoms with Crippen molar-refractivity contribution in [1.29, 1.82) is 0 Å². The van der Waals surface area contributed by atoms with Crippen LogP contribution in [-0.4, -0.2) is 97.2 Å². The number of esters is 4. The van der Waals surface area contributed by atoms with E-state index < -0.39 is 23.7 Å². The SMILES string of the molecule is C=CC(=O)OCCCCCCCCCCCC.C=CC(=O)OCCCCCCOc1ccc(C(=O)Oc2ccc(OC(=O)c3ccc(C(=C)OCCCOCCCOC)cc3)cc2C)cc1.COC(OC)(C(=O)c1ccccc1)c1ccccc1. The van der Waals surface area contributed by atoms with Crippen LogP contribution >= 0.6 is 0 Å². The zero-order chi connectivity index (χ0) is 61.8. The fourth-order valence-corrected chi connectivity index (χ4v) is 8.32. The average molecular weight is 1170 g/mol. The van der Waals surface area contributed by atoms with Gasteiger partial charge in [0.2, 0.25) is 5.78 Å². The molecule has 15 nitrogen and oxygen atoms in total. The molecule has 0 heterocycles. The van der Waals surface area contributed by atoms with Gasteiger partial charge < -0.3 is 47.4 Å². The van der Waals surface area contributed by atoms with E-state index in [1.165, 1.54) is 78.1 Å². The van der Waals surface area contributed by atoms with Crippen molar-refractivity contribution in [3.05, 3.63) is 193 Å². The maximum Gasteiger partial charge on any atom is 0.343 e. The Bertz CT molecular complexity index is 2700. The Morgan fingerprint density at radius 3 is 1.44 bits per heavy atom. The Morgan fingerprint density at radius 2 is 0.918 bits per heavy atom. The number of unbranched alkanes of at least 4 members (excludes halogenated alkanes) is 12. The summed E-state index contributed by atoms with van der Waals surface area (Å²) in [6.07, 6.45) is 20.5. The van der Waals surface area contributed by atoms with Crippen molar-refractivity contribution in [2.24, 2.45) is 0 Å². The lowest BCUT2D eigenvalue weighted by atomic mass is 9.96. The summed E-state index contributed by atoms with van der Waals surface area (Å²) in [5.74, 6) is -1.54. The van der Waals surface area contributed by atoms with Gasteiger partial charge in [-0.25, -0.2) is 19.2 Å². The molecule has 0 fully saturated rings. The molecule has 0 saturated heterocycles. The van der Waals surface area contributed by atoms with Crippen LogP contribution < -0.4 is 14.2 Å². The van der Waals surface area contributed by atoms with Crippen molar-refractivity contribution in [2.45, 2.75) is 122 Å². The van der Waals surface area contributed by atoms with Gasteiger partial charge in [-0.1, -0.05) is 157 Å². The third-order valence-electron chi connectivity index (χ3n) is 13.1. The van der Waals surface area contributed by atoms with Crippen molar-refractivity contribution in [2.75, 3.05) is 67.6 Å². The summed E-state index contributed by atoms with van der Waals surface area (Å²) in [5.41, 5.74) is 3.35. The Kier molecular flexibility index (Phi) is 37.0. The largest absolute Gasteiger partial charge is 0.494 e. The van der Waals surface area contributed by atoms with Crippen LogP contribution in [0.3, 0.4) is 0 Å². The lowest BCUT2D eigenvalue weighted by Gasteiger charge is -2.29. The van der Waals surface area contributed by atoms with E-state index in [2.05, 4.69) is 26.7 Å². The van der Waals surface area contributed by atoms with Crippen molar-refractivity contribution >= 4 is 35.4 Å². The van der Waals surface area contributed by atoms with Crippen LogP contribution in [0.4, 0.5) is 0 Å². The van der Waals surface area contributed by atoms with Crippen molar-refractivity contribution in [1.82, 2.24) is 0 Å². The van der Waals surface area contributed by atoms with Crippen LogP contribution in [0.5, 0.6) is 17.2 Å². The minimum absolute atomic E-state index is 0.218. The van der Waals surface area contributed by atoms with E-state index in [9.17, 15) is 24.0 Å². The number of hydrogen-bond donors (Lipinski definition) is 0. The summed E-state index contributed by atoms with van der Waals surface area (Å²) < 4.78 is 53.8. The molecule has 15 heteroatoms. The second-order valence-corrected chi connectivity index (χ2v) is 19.7. The highest BCUT2D eigenvalue weighted by Gasteiger charge is 2.41. The zero-order valence-corrected chi connectivity index (χ0v) is 50.8. The maximum absolute atomic E-state index is 12.8. The van der Waals surface area contributed by atoms with Crippen LogP contribution in [0.25, 0.3) is 5.76 Å². The van der Waals surface area contributed by atoms with E-state index in [1.807, 2.05) is 48.5 Å². The first-order chi connectivity index (χ1) is 41.3. The fourth-order valence-electron chi connectivity index (χ4n) is 8.32. The summed E-state index contributed by atoms with van der Waals surface area (Å²) in [5, 5.41) is 0. The zero-order valence-electron chi connectivity index (χ0n) is 50.8. The van der Waals surface area contributed by atoms with Gasteiger partial charge in [0.15, 0.2) is 0 Å². The van der Waals surface area contributed by atoms with E-state index in [1.54, 1.807) is 92.9 Å².